The minimum Gasteiger partial charge on any atom is -0.347 e. The number of urea groups is 1. The van der Waals surface area contributed by atoms with Crippen molar-refractivity contribution in [1.29, 1.82) is 0 Å². The van der Waals surface area contributed by atoms with Crippen molar-refractivity contribution in [2.24, 2.45) is 0 Å². The molecule has 0 radical (unpaired) electrons. The fraction of sp³-hybridized carbons (Fsp3) is 0.222. The lowest BCUT2D eigenvalue weighted by Gasteiger charge is -2.10. The molecule has 140 valence electrons. The summed E-state index contributed by atoms with van der Waals surface area (Å²) in [5.41, 5.74) is 3.12. The van der Waals surface area contributed by atoms with Crippen molar-refractivity contribution >= 4 is 45.7 Å². The summed E-state index contributed by atoms with van der Waals surface area (Å²) in [4.78, 5) is 28.1. The molecule has 0 saturated carbocycles. The van der Waals surface area contributed by atoms with Crippen LogP contribution in [0.15, 0.2) is 30.5 Å². The Balaban J connectivity index is 1.75. The predicted octanol–water partition coefficient (Wildman–Crippen LogP) is 4.58. The van der Waals surface area contributed by atoms with Gasteiger partial charge in [0.05, 0.1) is 16.3 Å². The topological polar surface area (TPSA) is 83.0 Å². The third kappa shape index (κ3) is 4.53. The number of carbonyl (C=O) groups excluding carboxylic acids is 1. The molecule has 0 aliphatic carbocycles. The molecule has 0 aliphatic rings. The van der Waals surface area contributed by atoms with Crippen LogP contribution in [0.2, 0.25) is 5.02 Å². The first-order chi connectivity index (χ1) is 12.8. The highest BCUT2D eigenvalue weighted by Gasteiger charge is 2.14. The summed E-state index contributed by atoms with van der Waals surface area (Å²) < 4.78 is 0. The Bertz CT molecular complexity index is 988. The molecule has 0 atom stereocenters. The Morgan fingerprint density at radius 1 is 1.15 bits per heavy atom. The fourth-order valence-electron chi connectivity index (χ4n) is 2.31. The highest BCUT2D eigenvalue weighted by atomic mass is 35.5. The Kier molecular flexibility index (Phi) is 5.57. The Labute approximate surface area is 166 Å². The third-order valence-corrected chi connectivity index (χ3v) is 5.22. The van der Waals surface area contributed by atoms with Gasteiger partial charge in [-0.2, -0.15) is 0 Å². The molecule has 0 fully saturated rings. The van der Waals surface area contributed by atoms with Gasteiger partial charge in [0.15, 0.2) is 5.13 Å². The van der Waals surface area contributed by atoms with E-state index in [9.17, 15) is 4.79 Å². The maximum atomic E-state index is 12.2. The number of aromatic nitrogens is 3. The Morgan fingerprint density at radius 3 is 2.63 bits per heavy atom. The number of hydrogen-bond acceptors (Lipinski definition) is 6. The standard InChI is InChI=1S/C18H19ClN6OS/c1-10-5-6-12(9-13(10)19)22-17(26)24-18-21-11(2)15(27-18)14-7-8-20-16(23-14)25(3)4/h5-9H,1-4H3,(H2,21,22,24,26). The third-order valence-electron chi connectivity index (χ3n) is 3.72. The highest BCUT2D eigenvalue weighted by Crippen LogP contribution is 2.32. The normalized spacial score (nSPS) is 10.6. The van der Waals surface area contributed by atoms with E-state index in [1.807, 2.05) is 45.0 Å². The maximum absolute atomic E-state index is 12.2. The number of thiazole rings is 1. The summed E-state index contributed by atoms with van der Waals surface area (Å²) in [5, 5.41) is 6.59. The van der Waals surface area contributed by atoms with Crippen molar-refractivity contribution in [3.8, 4) is 10.6 Å². The number of carbonyl (C=O) groups is 1. The lowest BCUT2D eigenvalue weighted by Crippen LogP contribution is -2.19. The summed E-state index contributed by atoms with van der Waals surface area (Å²) in [7, 11) is 3.76. The minimum atomic E-state index is -0.383. The van der Waals surface area contributed by atoms with E-state index in [-0.39, 0.29) is 6.03 Å². The molecular weight excluding hydrogens is 384 g/mol. The van der Waals surface area contributed by atoms with Gasteiger partial charge in [-0.15, -0.1) is 0 Å². The zero-order chi connectivity index (χ0) is 19.6. The molecule has 3 aromatic rings. The maximum Gasteiger partial charge on any atom is 0.325 e. The first-order valence-corrected chi connectivity index (χ1v) is 9.35. The molecule has 9 heteroatoms. The zero-order valence-electron chi connectivity index (χ0n) is 15.4. The molecule has 3 rings (SSSR count). The second-order valence-electron chi connectivity index (χ2n) is 6.11. The van der Waals surface area contributed by atoms with E-state index >= 15 is 0 Å². The van der Waals surface area contributed by atoms with Gasteiger partial charge in [0.2, 0.25) is 5.95 Å². The van der Waals surface area contributed by atoms with Crippen LogP contribution in [0.4, 0.5) is 21.6 Å². The van der Waals surface area contributed by atoms with Crippen molar-refractivity contribution in [3.05, 3.63) is 46.7 Å². The van der Waals surface area contributed by atoms with Gasteiger partial charge >= 0.3 is 6.03 Å². The van der Waals surface area contributed by atoms with Gasteiger partial charge in [-0.1, -0.05) is 29.0 Å². The lowest BCUT2D eigenvalue weighted by atomic mass is 10.2. The molecule has 2 amide bonds. The van der Waals surface area contributed by atoms with E-state index in [0.717, 1.165) is 21.8 Å². The molecule has 27 heavy (non-hydrogen) atoms. The SMILES string of the molecule is Cc1ccc(NC(=O)Nc2nc(C)c(-c3ccnc(N(C)C)n3)s2)cc1Cl. The van der Waals surface area contributed by atoms with E-state index in [4.69, 9.17) is 11.6 Å². The largest absolute Gasteiger partial charge is 0.347 e. The average Bonchev–Trinajstić information content (AvgIpc) is 2.98. The van der Waals surface area contributed by atoms with Crippen LogP contribution in [0.5, 0.6) is 0 Å². The van der Waals surface area contributed by atoms with Gasteiger partial charge < -0.3 is 10.2 Å². The van der Waals surface area contributed by atoms with Crippen LogP contribution in [0.1, 0.15) is 11.3 Å². The van der Waals surface area contributed by atoms with E-state index in [1.165, 1.54) is 11.3 Å². The Morgan fingerprint density at radius 2 is 1.93 bits per heavy atom. The van der Waals surface area contributed by atoms with Crippen molar-refractivity contribution in [1.82, 2.24) is 15.0 Å². The van der Waals surface area contributed by atoms with Gasteiger partial charge in [0.1, 0.15) is 0 Å². The molecular formula is C18H19ClN6OS. The van der Waals surface area contributed by atoms with E-state index in [0.29, 0.717) is 21.8 Å². The van der Waals surface area contributed by atoms with E-state index in [1.54, 1.807) is 18.3 Å². The second kappa shape index (κ2) is 7.89. The number of halogens is 1. The quantitative estimate of drug-likeness (QED) is 0.667. The smallest absolute Gasteiger partial charge is 0.325 e. The number of hydrogen-bond donors (Lipinski definition) is 2. The molecule has 2 N–H and O–H groups in total. The van der Waals surface area contributed by atoms with Crippen molar-refractivity contribution in [2.75, 3.05) is 29.6 Å². The van der Waals surface area contributed by atoms with Crippen LogP contribution in [0.25, 0.3) is 10.6 Å². The Hall–Kier alpha value is -2.71. The number of nitrogens with one attached hydrogen (secondary N) is 2. The predicted molar refractivity (Wildman–Crippen MR) is 111 cm³/mol. The molecule has 0 saturated heterocycles. The van der Waals surface area contributed by atoms with Crippen LogP contribution >= 0.6 is 22.9 Å². The summed E-state index contributed by atoms with van der Waals surface area (Å²) in [6, 6.07) is 6.79. The van der Waals surface area contributed by atoms with Crippen LogP contribution in [0.3, 0.4) is 0 Å². The fourth-order valence-corrected chi connectivity index (χ4v) is 3.42. The number of rotatable bonds is 4. The van der Waals surface area contributed by atoms with Gasteiger partial charge in [0.25, 0.3) is 0 Å². The van der Waals surface area contributed by atoms with Crippen molar-refractivity contribution in [2.45, 2.75) is 13.8 Å². The number of amides is 2. The van der Waals surface area contributed by atoms with Crippen LogP contribution in [-0.2, 0) is 0 Å². The molecule has 0 spiro atoms. The van der Waals surface area contributed by atoms with Crippen LogP contribution in [0, 0.1) is 13.8 Å². The number of nitrogens with zero attached hydrogens (tertiary/aromatic N) is 4. The van der Waals surface area contributed by atoms with Crippen molar-refractivity contribution < 1.29 is 4.79 Å². The molecule has 7 nitrogen and oxygen atoms in total. The van der Waals surface area contributed by atoms with Crippen LogP contribution < -0.4 is 15.5 Å². The molecule has 1 aromatic carbocycles. The lowest BCUT2D eigenvalue weighted by molar-refractivity contribution is 0.262. The molecule has 2 heterocycles. The summed E-state index contributed by atoms with van der Waals surface area (Å²) in [6.07, 6.45) is 1.71. The van der Waals surface area contributed by atoms with Gasteiger partial charge in [-0.25, -0.2) is 19.7 Å². The summed E-state index contributed by atoms with van der Waals surface area (Å²) >= 11 is 7.45. The van der Waals surface area contributed by atoms with Gasteiger partial charge in [-0.3, -0.25) is 5.32 Å². The minimum absolute atomic E-state index is 0.383. The van der Waals surface area contributed by atoms with Gasteiger partial charge in [-0.05, 0) is 37.6 Å². The highest BCUT2D eigenvalue weighted by molar-refractivity contribution is 7.19. The van der Waals surface area contributed by atoms with E-state index in [2.05, 4.69) is 25.6 Å². The van der Waals surface area contributed by atoms with Crippen LogP contribution in [-0.4, -0.2) is 35.1 Å². The van der Waals surface area contributed by atoms with Gasteiger partial charge in [0, 0.05) is 31.0 Å². The first kappa shape index (κ1) is 19.1. The summed E-state index contributed by atoms with van der Waals surface area (Å²) in [6.45, 7) is 3.78. The molecule has 0 unspecified atom stereocenters. The van der Waals surface area contributed by atoms with Crippen molar-refractivity contribution in [3.63, 3.8) is 0 Å². The van der Waals surface area contributed by atoms with E-state index < -0.39 is 0 Å². The first-order valence-electron chi connectivity index (χ1n) is 8.16. The molecule has 0 aliphatic heterocycles. The monoisotopic (exact) mass is 402 g/mol. The zero-order valence-corrected chi connectivity index (χ0v) is 16.9. The second-order valence-corrected chi connectivity index (χ2v) is 7.52. The average molecular weight is 403 g/mol. The molecule has 2 aromatic heterocycles. The molecule has 0 bridgehead atoms. The number of benzene rings is 1. The summed E-state index contributed by atoms with van der Waals surface area (Å²) in [5.74, 6) is 0.615. The number of anilines is 3. The number of aryl methyl sites for hydroxylation is 2.